The Morgan fingerprint density at radius 1 is 1.40 bits per heavy atom. The minimum Gasteiger partial charge on any atom is -0.376 e. The van der Waals surface area contributed by atoms with Crippen molar-refractivity contribution in [3.8, 4) is 0 Å². The molecule has 8 nitrogen and oxygen atoms in total. The summed E-state index contributed by atoms with van der Waals surface area (Å²) in [5.41, 5.74) is 1.02. The van der Waals surface area contributed by atoms with Gasteiger partial charge in [0, 0.05) is 32.4 Å². The predicted molar refractivity (Wildman–Crippen MR) is 94.8 cm³/mol. The number of ether oxygens (including phenoxy) is 1. The van der Waals surface area contributed by atoms with Crippen molar-refractivity contribution in [3.05, 3.63) is 17.8 Å². The van der Waals surface area contributed by atoms with Gasteiger partial charge in [0.05, 0.1) is 23.9 Å². The number of nitrogens with zero attached hydrogens (tertiary/aromatic N) is 3. The highest BCUT2D eigenvalue weighted by Crippen LogP contribution is 2.24. The molecular formula is C17H25N5O3. The van der Waals surface area contributed by atoms with Crippen LogP contribution in [0.3, 0.4) is 0 Å². The molecule has 0 spiro atoms. The van der Waals surface area contributed by atoms with E-state index in [1.165, 1.54) is 0 Å². The summed E-state index contributed by atoms with van der Waals surface area (Å²) in [5, 5.41) is 5.68. The molecule has 0 bridgehead atoms. The Labute approximate surface area is 147 Å². The third-order valence-corrected chi connectivity index (χ3v) is 4.38. The van der Waals surface area contributed by atoms with Crippen LogP contribution < -0.4 is 10.6 Å². The standard InChI is InChI=1S/C17H25N5O3/c1-21(2)5-6-22(11-13-4-3-7-25-13)17(24)12-8-14-16(18-9-12)19-10-15(23)20-14/h8-9,13H,3-7,10-11H2,1-2H3,(H,18,19)(H,20,23). The Kier molecular flexibility index (Phi) is 5.50. The molecule has 2 aliphatic rings. The molecule has 2 N–H and O–H groups in total. The van der Waals surface area contributed by atoms with E-state index in [9.17, 15) is 9.59 Å². The van der Waals surface area contributed by atoms with E-state index >= 15 is 0 Å². The minimum absolute atomic E-state index is 0.0903. The Hall–Kier alpha value is -2.19. The minimum atomic E-state index is -0.136. The van der Waals surface area contributed by atoms with Crippen molar-refractivity contribution in [2.24, 2.45) is 0 Å². The highest BCUT2D eigenvalue weighted by molar-refractivity contribution is 6.02. The van der Waals surface area contributed by atoms with Gasteiger partial charge >= 0.3 is 0 Å². The van der Waals surface area contributed by atoms with Crippen molar-refractivity contribution in [2.45, 2.75) is 18.9 Å². The Balaban J connectivity index is 1.75. The van der Waals surface area contributed by atoms with Crippen molar-refractivity contribution in [1.82, 2.24) is 14.8 Å². The molecule has 1 unspecified atom stereocenters. The number of fused-ring (bicyclic) bond motifs is 1. The number of nitrogens with one attached hydrogen (secondary N) is 2. The van der Waals surface area contributed by atoms with Crippen LogP contribution in [-0.2, 0) is 9.53 Å². The predicted octanol–water partition coefficient (Wildman–Crippen LogP) is 0.628. The number of hydrogen-bond donors (Lipinski definition) is 2. The zero-order chi connectivity index (χ0) is 17.8. The first kappa shape index (κ1) is 17.6. The van der Waals surface area contributed by atoms with Crippen LogP contribution in [0.1, 0.15) is 23.2 Å². The maximum absolute atomic E-state index is 13.0. The number of anilines is 2. The van der Waals surface area contributed by atoms with Gasteiger partial charge in [-0.05, 0) is 33.0 Å². The average Bonchev–Trinajstić information content (AvgIpc) is 3.10. The molecule has 3 rings (SSSR count). The Bertz CT molecular complexity index is 643. The van der Waals surface area contributed by atoms with Gasteiger partial charge in [0.25, 0.3) is 5.91 Å². The highest BCUT2D eigenvalue weighted by atomic mass is 16.5. The monoisotopic (exact) mass is 347 g/mol. The van der Waals surface area contributed by atoms with E-state index in [1.807, 2.05) is 23.9 Å². The summed E-state index contributed by atoms with van der Waals surface area (Å²) in [4.78, 5) is 32.7. The second-order valence-corrected chi connectivity index (χ2v) is 6.71. The smallest absolute Gasteiger partial charge is 0.255 e. The van der Waals surface area contributed by atoms with Gasteiger partial charge in [0.15, 0.2) is 0 Å². The van der Waals surface area contributed by atoms with E-state index in [-0.39, 0.29) is 24.5 Å². The zero-order valence-electron chi connectivity index (χ0n) is 14.7. The molecule has 0 radical (unpaired) electrons. The lowest BCUT2D eigenvalue weighted by molar-refractivity contribution is -0.114. The number of aromatic nitrogens is 1. The van der Waals surface area contributed by atoms with E-state index in [1.54, 1.807) is 12.3 Å². The van der Waals surface area contributed by atoms with Crippen LogP contribution in [0, 0.1) is 0 Å². The van der Waals surface area contributed by atoms with Gasteiger partial charge in [0.1, 0.15) is 5.82 Å². The average molecular weight is 347 g/mol. The van der Waals surface area contributed by atoms with Gasteiger partial charge in [-0.25, -0.2) is 4.98 Å². The molecule has 2 amide bonds. The fourth-order valence-corrected chi connectivity index (χ4v) is 2.99. The molecule has 0 aliphatic carbocycles. The van der Waals surface area contributed by atoms with Gasteiger partial charge < -0.3 is 25.2 Å². The number of pyridine rings is 1. The van der Waals surface area contributed by atoms with E-state index in [0.717, 1.165) is 26.0 Å². The van der Waals surface area contributed by atoms with E-state index < -0.39 is 0 Å². The van der Waals surface area contributed by atoms with Crippen LogP contribution >= 0.6 is 0 Å². The van der Waals surface area contributed by atoms with Gasteiger partial charge in [0.2, 0.25) is 5.91 Å². The van der Waals surface area contributed by atoms with Crippen molar-refractivity contribution in [1.29, 1.82) is 0 Å². The summed E-state index contributed by atoms with van der Waals surface area (Å²) in [6.07, 6.45) is 3.68. The van der Waals surface area contributed by atoms with Gasteiger partial charge in [-0.2, -0.15) is 0 Å². The number of carbonyl (C=O) groups excluding carboxylic acids is 2. The second kappa shape index (κ2) is 7.79. The summed E-state index contributed by atoms with van der Waals surface area (Å²) in [6.45, 7) is 2.93. The van der Waals surface area contributed by atoms with Crippen molar-refractivity contribution in [3.63, 3.8) is 0 Å². The molecule has 0 aromatic carbocycles. The first-order valence-electron chi connectivity index (χ1n) is 8.62. The number of carbonyl (C=O) groups is 2. The summed E-state index contributed by atoms with van der Waals surface area (Å²) in [7, 11) is 3.97. The van der Waals surface area contributed by atoms with E-state index in [2.05, 4.69) is 15.6 Å². The number of hydrogen-bond acceptors (Lipinski definition) is 6. The third-order valence-electron chi connectivity index (χ3n) is 4.38. The second-order valence-electron chi connectivity index (χ2n) is 6.71. The molecule has 1 atom stereocenters. The normalized spacial score (nSPS) is 19.3. The van der Waals surface area contributed by atoms with Gasteiger partial charge in [-0.3, -0.25) is 9.59 Å². The number of likely N-dealkylation sites (N-methyl/N-ethyl adjacent to an activating group) is 1. The molecular weight excluding hydrogens is 322 g/mol. The number of amides is 2. The largest absolute Gasteiger partial charge is 0.376 e. The summed E-state index contributed by atoms with van der Waals surface area (Å²) < 4.78 is 5.69. The van der Waals surface area contributed by atoms with Crippen LogP contribution in [0.4, 0.5) is 11.5 Å². The summed E-state index contributed by atoms with van der Waals surface area (Å²) in [5.74, 6) is 0.366. The van der Waals surface area contributed by atoms with Crippen molar-refractivity contribution in [2.75, 3.05) is 57.5 Å². The first-order chi connectivity index (χ1) is 12.0. The van der Waals surface area contributed by atoms with Crippen molar-refractivity contribution < 1.29 is 14.3 Å². The zero-order valence-corrected chi connectivity index (χ0v) is 14.7. The van der Waals surface area contributed by atoms with Crippen LogP contribution in [-0.4, -0.2) is 79.6 Å². The maximum atomic E-state index is 13.0. The van der Waals surface area contributed by atoms with Crippen LogP contribution in [0.2, 0.25) is 0 Å². The topological polar surface area (TPSA) is 86.8 Å². The van der Waals surface area contributed by atoms with Gasteiger partial charge in [-0.1, -0.05) is 0 Å². The molecule has 2 aliphatic heterocycles. The molecule has 1 aromatic rings. The molecule has 1 saturated heterocycles. The molecule has 0 saturated carbocycles. The molecule has 1 fully saturated rings. The Morgan fingerprint density at radius 2 is 2.24 bits per heavy atom. The van der Waals surface area contributed by atoms with E-state index in [4.69, 9.17) is 4.74 Å². The highest BCUT2D eigenvalue weighted by Gasteiger charge is 2.25. The number of rotatable bonds is 6. The molecule has 1 aromatic heterocycles. The quantitative estimate of drug-likeness (QED) is 0.785. The molecule has 25 heavy (non-hydrogen) atoms. The fraction of sp³-hybridized carbons (Fsp3) is 0.588. The fourth-order valence-electron chi connectivity index (χ4n) is 2.99. The Morgan fingerprint density at radius 3 is 2.96 bits per heavy atom. The van der Waals surface area contributed by atoms with E-state index in [0.29, 0.717) is 30.2 Å². The third kappa shape index (κ3) is 4.46. The maximum Gasteiger partial charge on any atom is 0.255 e. The molecule has 136 valence electrons. The summed E-state index contributed by atoms with van der Waals surface area (Å²) in [6, 6.07) is 1.69. The van der Waals surface area contributed by atoms with Gasteiger partial charge in [-0.15, -0.1) is 0 Å². The summed E-state index contributed by atoms with van der Waals surface area (Å²) >= 11 is 0. The van der Waals surface area contributed by atoms with Crippen molar-refractivity contribution >= 4 is 23.3 Å². The lowest BCUT2D eigenvalue weighted by Crippen LogP contribution is -2.41. The molecule has 3 heterocycles. The molecule has 8 heteroatoms. The lowest BCUT2D eigenvalue weighted by atomic mass is 10.1. The van der Waals surface area contributed by atoms with Crippen LogP contribution in [0.5, 0.6) is 0 Å². The van der Waals surface area contributed by atoms with Crippen LogP contribution in [0.25, 0.3) is 0 Å². The lowest BCUT2D eigenvalue weighted by Gasteiger charge is -2.27. The first-order valence-corrected chi connectivity index (χ1v) is 8.62. The van der Waals surface area contributed by atoms with Crippen LogP contribution in [0.15, 0.2) is 12.3 Å². The SMILES string of the molecule is CN(C)CCN(CC1CCCO1)C(=O)c1cnc2c(c1)NC(=O)CN2.